The van der Waals surface area contributed by atoms with E-state index in [1.54, 1.807) is 0 Å². The second-order valence-electron chi connectivity index (χ2n) is 4.41. The van der Waals surface area contributed by atoms with Gasteiger partial charge in [-0.2, -0.15) is 4.73 Å². The Morgan fingerprint density at radius 3 is 2.95 bits per heavy atom. The van der Waals surface area contributed by atoms with Gasteiger partial charge in [0, 0.05) is 24.5 Å². The van der Waals surface area contributed by atoms with E-state index in [1.807, 2.05) is 37.3 Å². The lowest BCUT2D eigenvalue weighted by Gasteiger charge is -2.00. The Hall–Kier alpha value is -2.07. The molecule has 2 heterocycles. The van der Waals surface area contributed by atoms with E-state index in [4.69, 9.17) is 9.15 Å². The summed E-state index contributed by atoms with van der Waals surface area (Å²) < 4.78 is 11.9. The van der Waals surface area contributed by atoms with Gasteiger partial charge in [0.2, 0.25) is 11.7 Å². The van der Waals surface area contributed by atoms with Crippen LogP contribution < -0.4 is 4.73 Å². The molecule has 0 unspecified atom stereocenters. The highest BCUT2D eigenvalue weighted by Crippen LogP contribution is 2.25. The standard InChI is InChI=1S/C15H15NO3/c1-2-18-8-7-11-9-13-12-5-3-4-6-14(12)16(17)10-15(13)19-11/h3-6,9-10H,2,7-8H2,1H3. The van der Waals surface area contributed by atoms with Gasteiger partial charge in [-0.05, 0) is 19.1 Å². The quantitative estimate of drug-likeness (QED) is 0.410. The van der Waals surface area contributed by atoms with Gasteiger partial charge in [-0.1, -0.05) is 12.1 Å². The molecule has 3 rings (SSSR count). The summed E-state index contributed by atoms with van der Waals surface area (Å²) >= 11 is 0. The molecule has 0 saturated carbocycles. The van der Waals surface area contributed by atoms with Crippen LogP contribution in [0.2, 0.25) is 0 Å². The van der Waals surface area contributed by atoms with Crippen molar-refractivity contribution in [3.8, 4) is 0 Å². The molecule has 0 aliphatic rings. The minimum atomic E-state index is 0.625. The van der Waals surface area contributed by atoms with E-state index in [0.717, 1.165) is 27.7 Å². The Labute approximate surface area is 110 Å². The van der Waals surface area contributed by atoms with Crippen molar-refractivity contribution in [1.82, 2.24) is 0 Å². The Bertz CT molecular complexity index is 718. The van der Waals surface area contributed by atoms with Gasteiger partial charge in [0.1, 0.15) is 5.76 Å². The summed E-state index contributed by atoms with van der Waals surface area (Å²) in [6, 6.07) is 9.53. The average molecular weight is 257 g/mol. The maximum atomic E-state index is 11.9. The molecule has 0 aliphatic heterocycles. The first kappa shape index (κ1) is 12.0. The van der Waals surface area contributed by atoms with E-state index < -0.39 is 0 Å². The number of benzene rings is 1. The van der Waals surface area contributed by atoms with Crippen LogP contribution in [-0.2, 0) is 11.2 Å². The predicted molar refractivity (Wildman–Crippen MR) is 72.9 cm³/mol. The number of fused-ring (bicyclic) bond motifs is 3. The lowest BCUT2D eigenvalue weighted by atomic mass is 10.1. The van der Waals surface area contributed by atoms with E-state index in [0.29, 0.717) is 24.3 Å². The number of furan rings is 1. The van der Waals surface area contributed by atoms with E-state index in [2.05, 4.69) is 0 Å². The lowest BCUT2D eigenvalue weighted by molar-refractivity contribution is -0.575. The zero-order valence-corrected chi connectivity index (χ0v) is 10.8. The van der Waals surface area contributed by atoms with E-state index in [1.165, 1.54) is 6.20 Å². The van der Waals surface area contributed by atoms with Crippen molar-refractivity contribution in [2.24, 2.45) is 0 Å². The van der Waals surface area contributed by atoms with Crippen LogP contribution in [-0.4, -0.2) is 13.2 Å². The molecular weight excluding hydrogens is 242 g/mol. The average Bonchev–Trinajstić information content (AvgIpc) is 2.82. The Balaban J connectivity index is 2.09. The summed E-state index contributed by atoms with van der Waals surface area (Å²) in [6.45, 7) is 3.29. The molecule has 0 radical (unpaired) electrons. The van der Waals surface area contributed by atoms with Crippen LogP contribution in [0.4, 0.5) is 0 Å². The van der Waals surface area contributed by atoms with E-state index >= 15 is 0 Å². The number of hydrogen-bond donors (Lipinski definition) is 0. The number of para-hydroxylation sites is 1. The fourth-order valence-electron chi connectivity index (χ4n) is 2.27. The zero-order valence-electron chi connectivity index (χ0n) is 10.8. The number of nitrogens with zero attached hydrogens (tertiary/aromatic N) is 1. The van der Waals surface area contributed by atoms with Crippen LogP contribution in [0.25, 0.3) is 21.9 Å². The summed E-state index contributed by atoms with van der Waals surface area (Å²) in [4.78, 5) is 0. The Morgan fingerprint density at radius 2 is 2.11 bits per heavy atom. The van der Waals surface area contributed by atoms with Crippen LogP contribution in [0, 0.1) is 5.21 Å². The van der Waals surface area contributed by atoms with Crippen LogP contribution >= 0.6 is 0 Å². The van der Waals surface area contributed by atoms with Gasteiger partial charge >= 0.3 is 0 Å². The van der Waals surface area contributed by atoms with Crippen molar-refractivity contribution in [2.45, 2.75) is 13.3 Å². The molecule has 0 spiro atoms. The molecule has 0 fully saturated rings. The largest absolute Gasteiger partial charge is 0.618 e. The van der Waals surface area contributed by atoms with E-state index in [-0.39, 0.29) is 0 Å². The van der Waals surface area contributed by atoms with Gasteiger partial charge in [0.25, 0.3) is 0 Å². The molecule has 0 amide bonds. The topological polar surface area (TPSA) is 49.3 Å². The third kappa shape index (κ3) is 2.15. The van der Waals surface area contributed by atoms with Gasteiger partial charge in [0.15, 0.2) is 5.58 Å². The van der Waals surface area contributed by atoms with Gasteiger partial charge in [-0.3, -0.25) is 0 Å². The van der Waals surface area contributed by atoms with Crippen LogP contribution in [0.1, 0.15) is 12.7 Å². The molecule has 1 aromatic carbocycles. The van der Waals surface area contributed by atoms with Crippen molar-refractivity contribution in [3.63, 3.8) is 0 Å². The van der Waals surface area contributed by atoms with Gasteiger partial charge < -0.3 is 14.4 Å². The molecule has 98 valence electrons. The molecule has 3 aromatic rings. The molecule has 0 aliphatic carbocycles. The first-order valence-electron chi connectivity index (χ1n) is 6.40. The maximum absolute atomic E-state index is 11.9. The van der Waals surface area contributed by atoms with E-state index in [9.17, 15) is 5.21 Å². The highest BCUT2D eigenvalue weighted by Gasteiger charge is 2.13. The Kier molecular flexibility index (Phi) is 3.09. The molecule has 4 heteroatoms. The number of ether oxygens (including phenoxy) is 1. The fourth-order valence-corrected chi connectivity index (χ4v) is 2.27. The number of aromatic nitrogens is 1. The second kappa shape index (κ2) is 4.90. The van der Waals surface area contributed by atoms with Crippen molar-refractivity contribution in [2.75, 3.05) is 13.2 Å². The summed E-state index contributed by atoms with van der Waals surface area (Å²) in [5.74, 6) is 0.847. The SMILES string of the molecule is CCOCCc1cc2c(c[n+]([O-])c3ccccc23)o1. The molecule has 4 nitrogen and oxygen atoms in total. The summed E-state index contributed by atoms with van der Waals surface area (Å²) in [6.07, 6.45) is 2.21. The van der Waals surface area contributed by atoms with Gasteiger partial charge in [-0.15, -0.1) is 0 Å². The monoisotopic (exact) mass is 257 g/mol. The fraction of sp³-hybridized carbons (Fsp3) is 0.267. The number of hydrogen-bond acceptors (Lipinski definition) is 3. The normalized spacial score (nSPS) is 11.4. The first-order valence-corrected chi connectivity index (χ1v) is 6.40. The predicted octanol–water partition coefficient (Wildman–Crippen LogP) is 2.80. The minimum Gasteiger partial charge on any atom is -0.618 e. The second-order valence-corrected chi connectivity index (χ2v) is 4.41. The Morgan fingerprint density at radius 1 is 1.26 bits per heavy atom. The zero-order chi connectivity index (χ0) is 13.2. The summed E-state index contributed by atoms with van der Waals surface area (Å²) in [7, 11) is 0. The molecule has 0 N–H and O–H groups in total. The van der Waals surface area contributed by atoms with Crippen molar-refractivity contribution in [3.05, 3.63) is 47.5 Å². The maximum Gasteiger partial charge on any atom is 0.224 e. The van der Waals surface area contributed by atoms with Crippen molar-refractivity contribution in [1.29, 1.82) is 0 Å². The van der Waals surface area contributed by atoms with Crippen LogP contribution in [0.5, 0.6) is 0 Å². The summed E-state index contributed by atoms with van der Waals surface area (Å²) in [5.41, 5.74) is 1.28. The molecule has 19 heavy (non-hydrogen) atoms. The van der Waals surface area contributed by atoms with Crippen LogP contribution in [0.3, 0.4) is 0 Å². The number of pyridine rings is 1. The molecular formula is C15H15NO3. The lowest BCUT2D eigenvalue weighted by Crippen LogP contribution is -2.25. The highest BCUT2D eigenvalue weighted by atomic mass is 16.5. The first-order chi connectivity index (χ1) is 9.29. The van der Waals surface area contributed by atoms with Gasteiger partial charge in [0.05, 0.1) is 12.0 Å². The molecule has 0 bridgehead atoms. The van der Waals surface area contributed by atoms with Crippen LogP contribution in [0.15, 0.2) is 40.9 Å². The third-order valence-electron chi connectivity index (χ3n) is 3.17. The van der Waals surface area contributed by atoms with Gasteiger partial charge in [-0.25, -0.2) is 0 Å². The molecule has 0 saturated heterocycles. The third-order valence-corrected chi connectivity index (χ3v) is 3.17. The van der Waals surface area contributed by atoms with Crippen molar-refractivity contribution >= 4 is 21.9 Å². The minimum absolute atomic E-state index is 0.625. The highest BCUT2D eigenvalue weighted by molar-refractivity contribution is 6.02. The van der Waals surface area contributed by atoms with Crippen molar-refractivity contribution < 1.29 is 13.9 Å². The smallest absolute Gasteiger partial charge is 0.224 e. The number of rotatable bonds is 4. The molecule has 0 atom stereocenters. The molecule has 2 aromatic heterocycles. The summed E-state index contributed by atoms with van der Waals surface area (Å²) in [5, 5.41) is 13.8.